The Labute approximate surface area is 146 Å². The van der Waals surface area contributed by atoms with Crippen molar-refractivity contribution < 1.29 is 24.5 Å². The molecule has 0 spiro atoms. The zero-order valence-corrected chi connectivity index (χ0v) is 14.1. The average molecular weight is 351 g/mol. The number of nitrogens with one attached hydrogen (secondary N) is 2. The van der Waals surface area contributed by atoms with Crippen LogP contribution in [0.5, 0.6) is 5.75 Å². The molecule has 1 atom stereocenters. The Morgan fingerprint density at radius 3 is 2.72 bits per heavy atom. The molecule has 0 bridgehead atoms. The monoisotopic (exact) mass is 351 g/mol. The van der Waals surface area contributed by atoms with Gasteiger partial charge in [-0.2, -0.15) is 0 Å². The molecular formula is C17H25N3O5. The van der Waals surface area contributed by atoms with Gasteiger partial charge in [-0.3, -0.25) is 14.5 Å². The van der Waals surface area contributed by atoms with Crippen molar-refractivity contribution in [2.45, 2.75) is 18.9 Å². The number of benzene rings is 1. The van der Waals surface area contributed by atoms with Gasteiger partial charge in [-0.1, -0.05) is 6.07 Å². The molecule has 8 nitrogen and oxygen atoms in total. The van der Waals surface area contributed by atoms with Crippen molar-refractivity contribution in [2.24, 2.45) is 0 Å². The number of aliphatic carboxylic acids is 1. The van der Waals surface area contributed by atoms with Gasteiger partial charge in [0.25, 0.3) is 0 Å². The number of amides is 1. The number of carbonyl (C=O) groups excluding carboxylic acids is 1. The Morgan fingerprint density at radius 2 is 2.04 bits per heavy atom. The number of phenols is 1. The van der Waals surface area contributed by atoms with Crippen molar-refractivity contribution in [1.82, 2.24) is 10.2 Å². The van der Waals surface area contributed by atoms with Crippen LogP contribution in [0.15, 0.2) is 24.3 Å². The van der Waals surface area contributed by atoms with E-state index in [9.17, 15) is 19.8 Å². The van der Waals surface area contributed by atoms with Gasteiger partial charge in [0.1, 0.15) is 11.8 Å². The fourth-order valence-electron chi connectivity index (χ4n) is 2.63. The van der Waals surface area contributed by atoms with E-state index in [0.29, 0.717) is 12.2 Å². The van der Waals surface area contributed by atoms with E-state index >= 15 is 0 Å². The molecule has 1 aromatic rings. The Bertz CT molecular complexity index is 575. The van der Waals surface area contributed by atoms with Gasteiger partial charge in [0, 0.05) is 24.8 Å². The molecule has 25 heavy (non-hydrogen) atoms. The highest BCUT2D eigenvalue weighted by molar-refractivity contribution is 5.94. The van der Waals surface area contributed by atoms with Gasteiger partial charge in [0.15, 0.2) is 0 Å². The van der Waals surface area contributed by atoms with E-state index in [2.05, 4.69) is 15.5 Å². The number of phenolic OH excluding ortho intramolecular Hbond substituents is 1. The number of hydrogen-bond acceptors (Lipinski definition) is 6. The molecular weight excluding hydrogens is 326 g/mol. The molecule has 4 N–H and O–H groups in total. The van der Waals surface area contributed by atoms with Crippen LogP contribution in [0.3, 0.4) is 0 Å². The first-order valence-corrected chi connectivity index (χ1v) is 8.40. The van der Waals surface area contributed by atoms with Gasteiger partial charge in [0.05, 0.1) is 19.6 Å². The minimum atomic E-state index is -1.06. The number of nitrogens with zero attached hydrogens (tertiary/aromatic N) is 1. The van der Waals surface area contributed by atoms with Gasteiger partial charge in [-0.25, -0.2) is 0 Å². The molecule has 0 aromatic heterocycles. The molecule has 1 heterocycles. The van der Waals surface area contributed by atoms with Crippen LogP contribution in [0.4, 0.5) is 5.69 Å². The highest BCUT2D eigenvalue weighted by atomic mass is 16.5. The van der Waals surface area contributed by atoms with Crippen LogP contribution in [0.2, 0.25) is 0 Å². The Hall–Kier alpha value is -2.16. The molecule has 1 aliphatic heterocycles. The summed E-state index contributed by atoms with van der Waals surface area (Å²) in [5, 5.41) is 24.2. The molecule has 1 saturated heterocycles. The molecule has 1 fully saturated rings. The number of hydrogen-bond donors (Lipinski definition) is 4. The van der Waals surface area contributed by atoms with Gasteiger partial charge in [-0.05, 0) is 31.6 Å². The van der Waals surface area contributed by atoms with Crippen molar-refractivity contribution in [3.05, 3.63) is 24.3 Å². The lowest BCUT2D eigenvalue weighted by Gasteiger charge is -2.26. The van der Waals surface area contributed by atoms with Crippen molar-refractivity contribution in [2.75, 3.05) is 44.7 Å². The van der Waals surface area contributed by atoms with Crippen LogP contribution in [0, 0.1) is 0 Å². The first-order valence-electron chi connectivity index (χ1n) is 8.40. The summed E-state index contributed by atoms with van der Waals surface area (Å²) in [5.74, 6) is -1.44. The smallest absolute Gasteiger partial charge is 0.321 e. The third kappa shape index (κ3) is 7.08. The van der Waals surface area contributed by atoms with E-state index < -0.39 is 17.9 Å². The zero-order valence-electron chi connectivity index (χ0n) is 14.1. The number of carboxylic acid groups (broad SMARTS) is 1. The Morgan fingerprint density at radius 1 is 1.28 bits per heavy atom. The molecule has 0 saturated carbocycles. The number of ether oxygens (including phenoxy) is 1. The summed E-state index contributed by atoms with van der Waals surface area (Å²) in [7, 11) is 0. The van der Waals surface area contributed by atoms with Gasteiger partial charge in [-0.15, -0.1) is 0 Å². The van der Waals surface area contributed by atoms with Crippen molar-refractivity contribution in [3.63, 3.8) is 0 Å². The number of carboxylic acids is 1. The predicted octanol–water partition coefficient (Wildman–Crippen LogP) is 0.486. The molecule has 138 valence electrons. The number of aromatic hydroxyl groups is 1. The predicted molar refractivity (Wildman–Crippen MR) is 92.7 cm³/mol. The van der Waals surface area contributed by atoms with Crippen LogP contribution >= 0.6 is 0 Å². The van der Waals surface area contributed by atoms with E-state index in [1.807, 2.05) is 0 Å². The molecule has 1 aromatic carbocycles. The normalized spacial score (nSPS) is 16.3. The summed E-state index contributed by atoms with van der Waals surface area (Å²) in [4.78, 5) is 25.6. The fraction of sp³-hybridized carbons (Fsp3) is 0.529. The molecule has 0 unspecified atom stereocenters. The number of morpholine rings is 1. The second-order valence-corrected chi connectivity index (χ2v) is 5.96. The first kappa shape index (κ1) is 19.2. The summed E-state index contributed by atoms with van der Waals surface area (Å²) >= 11 is 0. The van der Waals surface area contributed by atoms with Crippen LogP contribution < -0.4 is 10.6 Å². The minimum Gasteiger partial charge on any atom is -0.508 e. The number of carbonyl (C=O) groups is 2. The maximum absolute atomic E-state index is 12.0. The van der Waals surface area contributed by atoms with Gasteiger partial charge in [0.2, 0.25) is 5.91 Å². The minimum absolute atomic E-state index is 0.0359. The molecule has 1 amide bonds. The third-order valence-corrected chi connectivity index (χ3v) is 3.96. The highest BCUT2D eigenvalue weighted by Crippen LogP contribution is 2.15. The van der Waals surface area contributed by atoms with Crippen molar-refractivity contribution in [3.8, 4) is 5.75 Å². The molecule has 0 radical (unpaired) electrons. The van der Waals surface area contributed by atoms with E-state index in [1.54, 1.807) is 12.1 Å². The molecule has 2 rings (SSSR count). The summed E-state index contributed by atoms with van der Waals surface area (Å²) in [6.07, 6.45) is 0.625. The number of anilines is 1. The first-order chi connectivity index (χ1) is 12.0. The summed E-state index contributed by atoms with van der Waals surface area (Å²) in [6, 6.07) is 5.18. The standard InChI is InChI=1S/C17H25N3O5/c21-14-4-1-3-13(11-14)19-16(22)12-15(17(23)24)18-5-2-6-20-7-9-25-10-8-20/h1,3-4,11,15,18,21H,2,5-10,12H2,(H,19,22)(H,23,24)/t15-/m1/s1. The SMILES string of the molecule is O=C(C[C@@H](NCCCN1CCOCC1)C(=O)O)Nc1cccc(O)c1. The zero-order chi connectivity index (χ0) is 18.1. The van der Waals surface area contributed by atoms with Crippen LogP contribution in [-0.2, 0) is 14.3 Å². The molecule has 8 heteroatoms. The van der Waals surface area contributed by atoms with Gasteiger partial charge >= 0.3 is 5.97 Å². The largest absolute Gasteiger partial charge is 0.508 e. The average Bonchev–Trinajstić information content (AvgIpc) is 2.58. The molecule has 0 aliphatic carbocycles. The Balaban J connectivity index is 1.71. The molecule has 1 aliphatic rings. The summed E-state index contributed by atoms with van der Waals surface area (Å²) in [6.45, 7) is 4.66. The van der Waals surface area contributed by atoms with Crippen molar-refractivity contribution >= 4 is 17.6 Å². The summed E-state index contributed by atoms with van der Waals surface area (Å²) in [5.41, 5.74) is 0.432. The number of rotatable bonds is 9. The lowest BCUT2D eigenvalue weighted by molar-refractivity contribution is -0.141. The maximum Gasteiger partial charge on any atom is 0.321 e. The van der Waals surface area contributed by atoms with Crippen LogP contribution in [0.1, 0.15) is 12.8 Å². The maximum atomic E-state index is 12.0. The quantitative estimate of drug-likeness (QED) is 0.479. The van der Waals surface area contributed by atoms with E-state index in [4.69, 9.17) is 4.74 Å². The topological polar surface area (TPSA) is 111 Å². The van der Waals surface area contributed by atoms with Gasteiger partial charge < -0.3 is 25.6 Å². The highest BCUT2D eigenvalue weighted by Gasteiger charge is 2.21. The van der Waals surface area contributed by atoms with E-state index in [-0.39, 0.29) is 12.2 Å². The third-order valence-electron chi connectivity index (χ3n) is 3.96. The summed E-state index contributed by atoms with van der Waals surface area (Å²) < 4.78 is 5.28. The second-order valence-electron chi connectivity index (χ2n) is 5.96. The van der Waals surface area contributed by atoms with E-state index in [0.717, 1.165) is 39.3 Å². The second kappa shape index (κ2) is 9.97. The Kier molecular flexibility index (Phi) is 7.65. The van der Waals surface area contributed by atoms with Crippen molar-refractivity contribution in [1.29, 1.82) is 0 Å². The lowest BCUT2D eigenvalue weighted by atomic mass is 10.2. The van der Waals surface area contributed by atoms with Crippen LogP contribution in [-0.4, -0.2) is 72.4 Å². The fourth-order valence-corrected chi connectivity index (χ4v) is 2.63. The van der Waals surface area contributed by atoms with E-state index in [1.165, 1.54) is 12.1 Å². The van der Waals surface area contributed by atoms with Crippen LogP contribution in [0.25, 0.3) is 0 Å². The lowest BCUT2D eigenvalue weighted by Crippen LogP contribution is -2.42.